The van der Waals surface area contributed by atoms with Crippen LogP contribution in [0.2, 0.25) is 0 Å². The van der Waals surface area contributed by atoms with Crippen LogP contribution in [-0.4, -0.2) is 16.5 Å². The second-order valence-corrected chi connectivity index (χ2v) is 7.36. The first-order valence-electron chi connectivity index (χ1n) is 10.1. The molecule has 0 aliphatic heterocycles. The lowest BCUT2D eigenvalue weighted by atomic mass is 9.91. The predicted octanol–water partition coefficient (Wildman–Crippen LogP) is 4.73. The summed E-state index contributed by atoms with van der Waals surface area (Å²) in [5.74, 6) is 0. The molecule has 0 fully saturated rings. The number of H-pyrrole nitrogens is 1. The molecule has 2 N–H and O–H groups in total. The van der Waals surface area contributed by atoms with Crippen molar-refractivity contribution in [3.05, 3.63) is 64.6 Å². The van der Waals surface area contributed by atoms with Crippen LogP contribution in [0, 0.1) is 0 Å². The minimum atomic E-state index is 0.923. The van der Waals surface area contributed by atoms with E-state index in [1.54, 1.807) is 5.56 Å². The minimum Gasteiger partial charge on any atom is -0.357 e. The smallest absolute Gasteiger partial charge is 0.0459 e. The summed E-state index contributed by atoms with van der Waals surface area (Å²) in [5, 5.41) is 5.01. The van der Waals surface area contributed by atoms with Crippen molar-refractivity contribution in [3.8, 4) is 0 Å². The van der Waals surface area contributed by atoms with Gasteiger partial charge in [0.05, 0.1) is 0 Å². The lowest BCUT2D eigenvalue weighted by Crippen LogP contribution is -2.17. The van der Waals surface area contributed by atoms with Gasteiger partial charge in [0.2, 0.25) is 0 Å². The number of benzene rings is 1. The van der Waals surface area contributed by atoms with Crippen molar-refractivity contribution >= 4 is 10.9 Å². The molecular weight excluding hydrogens is 318 g/mol. The van der Waals surface area contributed by atoms with E-state index in [4.69, 9.17) is 0 Å². The van der Waals surface area contributed by atoms with Crippen LogP contribution >= 0.6 is 0 Å². The summed E-state index contributed by atoms with van der Waals surface area (Å²) in [7, 11) is 0. The fourth-order valence-corrected chi connectivity index (χ4v) is 4.36. The van der Waals surface area contributed by atoms with Crippen LogP contribution in [0.4, 0.5) is 0 Å². The normalized spacial score (nSPS) is 13.9. The first-order valence-corrected chi connectivity index (χ1v) is 10.1. The van der Waals surface area contributed by atoms with Gasteiger partial charge in [-0.25, -0.2) is 0 Å². The topological polar surface area (TPSA) is 40.7 Å². The summed E-state index contributed by atoms with van der Waals surface area (Å²) >= 11 is 0. The highest BCUT2D eigenvalue weighted by atomic mass is 14.9. The number of fused-ring (bicyclic) bond motifs is 2. The molecule has 0 saturated heterocycles. The van der Waals surface area contributed by atoms with Gasteiger partial charge in [0.25, 0.3) is 0 Å². The van der Waals surface area contributed by atoms with Crippen molar-refractivity contribution in [2.75, 3.05) is 6.54 Å². The molecule has 3 nitrogen and oxygen atoms in total. The Balaban J connectivity index is 1.32. The maximum Gasteiger partial charge on any atom is 0.0459 e. The van der Waals surface area contributed by atoms with Gasteiger partial charge in [0.1, 0.15) is 0 Å². The van der Waals surface area contributed by atoms with Crippen molar-refractivity contribution in [2.45, 2.75) is 58.4 Å². The number of aromatic nitrogens is 2. The Kier molecular flexibility index (Phi) is 5.35. The Labute approximate surface area is 156 Å². The highest BCUT2D eigenvalue weighted by Gasteiger charge is 2.14. The van der Waals surface area contributed by atoms with E-state index >= 15 is 0 Å². The van der Waals surface area contributed by atoms with Crippen molar-refractivity contribution in [3.63, 3.8) is 0 Å². The zero-order valence-corrected chi connectivity index (χ0v) is 15.8. The molecule has 1 aromatic carbocycles. The molecule has 136 valence electrons. The Morgan fingerprint density at radius 2 is 2.00 bits per heavy atom. The molecule has 1 aliphatic rings. The quantitative estimate of drug-likeness (QED) is 0.607. The molecule has 4 rings (SSSR count). The molecule has 3 aromatic rings. The summed E-state index contributed by atoms with van der Waals surface area (Å²) in [6, 6.07) is 10.9. The van der Waals surface area contributed by atoms with E-state index in [0.717, 1.165) is 25.9 Å². The minimum absolute atomic E-state index is 0.923. The number of nitrogens with zero attached hydrogens (tertiary/aromatic N) is 1. The third-order valence-corrected chi connectivity index (χ3v) is 5.69. The predicted molar refractivity (Wildman–Crippen MR) is 109 cm³/mol. The summed E-state index contributed by atoms with van der Waals surface area (Å²) in [6.07, 6.45) is 10.4. The molecular formula is C23H29N3. The largest absolute Gasteiger partial charge is 0.357 e. The Bertz CT molecular complexity index is 878. The van der Waals surface area contributed by atoms with Gasteiger partial charge in [-0.2, -0.15) is 0 Å². The molecule has 2 heterocycles. The van der Waals surface area contributed by atoms with Crippen LogP contribution in [0.1, 0.15) is 54.3 Å². The highest BCUT2D eigenvalue weighted by Crippen LogP contribution is 2.24. The number of pyridine rings is 1. The van der Waals surface area contributed by atoms with Gasteiger partial charge in [-0.3, -0.25) is 4.98 Å². The summed E-state index contributed by atoms with van der Waals surface area (Å²) in [6.45, 7) is 4.22. The van der Waals surface area contributed by atoms with E-state index in [-0.39, 0.29) is 0 Å². The van der Waals surface area contributed by atoms with Gasteiger partial charge in [0.15, 0.2) is 0 Å². The second-order valence-electron chi connectivity index (χ2n) is 7.36. The highest BCUT2D eigenvalue weighted by molar-refractivity contribution is 5.84. The van der Waals surface area contributed by atoms with E-state index in [1.165, 1.54) is 65.5 Å². The summed E-state index contributed by atoms with van der Waals surface area (Å²) in [4.78, 5) is 8.18. The van der Waals surface area contributed by atoms with Gasteiger partial charge in [-0.05, 0) is 80.3 Å². The Morgan fingerprint density at radius 3 is 2.92 bits per heavy atom. The molecule has 0 atom stereocenters. The number of para-hydroxylation sites is 1. The van der Waals surface area contributed by atoms with Crippen molar-refractivity contribution in [1.82, 2.24) is 15.3 Å². The molecule has 1 aliphatic carbocycles. The average Bonchev–Trinajstić information content (AvgIpc) is 3.05. The van der Waals surface area contributed by atoms with Crippen molar-refractivity contribution in [1.29, 1.82) is 0 Å². The van der Waals surface area contributed by atoms with Gasteiger partial charge in [-0.15, -0.1) is 0 Å². The zero-order valence-electron chi connectivity index (χ0n) is 15.8. The summed E-state index contributed by atoms with van der Waals surface area (Å²) in [5.41, 5.74) is 8.47. The van der Waals surface area contributed by atoms with Crippen molar-refractivity contribution < 1.29 is 0 Å². The summed E-state index contributed by atoms with van der Waals surface area (Å²) < 4.78 is 0. The van der Waals surface area contributed by atoms with Gasteiger partial charge >= 0.3 is 0 Å². The molecule has 0 unspecified atom stereocenters. The molecule has 0 saturated carbocycles. The monoisotopic (exact) mass is 347 g/mol. The number of aryl methyl sites for hydroxylation is 3. The van der Waals surface area contributed by atoms with E-state index < -0.39 is 0 Å². The van der Waals surface area contributed by atoms with Gasteiger partial charge in [0, 0.05) is 35.0 Å². The SMILES string of the molecule is CCc1c(CNCCCc2ccnc3c2CCCC3)[nH]c2ccccc12. The number of hydrogen-bond acceptors (Lipinski definition) is 2. The molecule has 0 bridgehead atoms. The van der Waals surface area contributed by atoms with E-state index in [1.807, 2.05) is 6.20 Å². The standard InChI is InChI=1S/C23H29N3/c1-2-18-20-10-4-6-12-22(20)26-23(18)16-24-14-7-8-17-13-15-25-21-11-5-3-9-19(17)21/h4,6,10,12-13,15,24,26H,2-3,5,7-9,11,14,16H2,1H3. The first-order chi connectivity index (χ1) is 12.9. The Morgan fingerprint density at radius 1 is 1.12 bits per heavy atom. The van der Waals surface area contributed by atoms with Crippen molar-refractivity contribution in [2.24, 2.45) is 0 Å². The van der Waals surface area contributed by atoms with E-state index in [2.05, 4.69) is 52.5 Å². The second kappa shape index (κ2) is 8.05. The third kappa shape index (κ3) is 3.54. The number of hydrogen-bond donors (Lipinski definition) is 2. The number of nitrogens with one attached hydrogen (secondary N) is 2. The molecule has 2 aromatic heterocycles. The van der Waals surface area contributed by atoms with Crippen LogP contribution in [0.15, 0.2) is 36.5 Å². The van der Waals surface area contributed by atoms with Crippen LogP contribution < -0.4 is 5.32 Å². The molecule has 0 amide bonds. The lowest BCUT2D eigenvalue weighted by Gasteiger charge is -2.18. The van der Waals surface area contributed by atoms with E-state index in [0.29, 0.717) is 0 Å². The maximum atomic E-state index is 4.58. The molecule has 3 heteroatoms. The molecule has 0 spiro atoms. The molecule has 26 heavy (non-hydrogen) atoms. The van der Waals surface area contributed by atoms with Gasteiger partial charge < -0.3 is 10.3 Å². The van der Waals surface area contributed by atoms with E-state index in [9.17, 15) is 0 Å². The maximum absolute atomic E-state index is 4.58. The fourth-order valence-electron chi connectivity index (χ4n) is 4.36. The third-order valence-electron chi connectivity index (χ3n) is 5.69. The Hall–Kier alpha value is -2.13. The van der Waals surface area contributed by atoms with Crippen LogP contribution in [-0.2, 0) is 32.2 Å². The van der Waals surface area contributed by atoms with Crippen LogP contribution in [0.5, 0.6) is 0 Å². The number of aromatic amines is 1. The first kappa shape index (κ1) is 17.3. The fraction of sp³-hybridized carbons (Fsp3) is 0.435. The molecule has 0 radical (unpaired) electrons. The van der Waals surface area contributed by atoms with Crippen LogP contribution in [0.3, 0.4) is 0 Å². The van der Waals surface area contributed by atoms with Gasteiger partial charge in [-0.1, -0.05) is 25.1 Å². The zero-order chi connectivity index (χ0) is 17.8. The lowest BCUT2D eigenvalue weighted by molar-refractivity contribution is 0.627. The number of rotatable bonds is 7. The van der Waals surface area contributed by atoms with Crippen LogP contribution in [0.25, 0.3) is 10.9 Å². The average molecular weight is 348 g/mol.